The molecule has 0 heterocycles. The van der Waals surface area contributed by atoms with Crippen LogP contribution in [0.3, 0.4) is 0 Å². The topological polar surface area (TPSA) is 12.0 Å². The van der Waals surface area contributed by atoms with Gasteiger partial charge in [0, 0.05) is 13.4 Å². The maximum Gasteiger partial charge on any atom is 0.0590 e. The van der Waals surface area contributed by atoms with E-state index in [4.69, 9.17) is 0 Å². The first-order chi connectivity index (χ1) is 9.93. The van der Waals surface area contributed by atoms with Gasteiger partial charge < -0.3 is 5.32 Å². The zero-order valence-corrected chi connectivity index (χ0v) is 17.1. The van der Waals surface area contributed by atoms with Gasteiger partial charge in [-0.2, -0.15) is 0 Å². The van der Waals surface area contributed by atoms with Gasteiger partial charge in [0.2, 0.25) is 0 Å². The van der Waals surface area contributed by atoms with Crippen molar-refractivity contribution in [2.75, 3.05) is 6.54 Å². The van der Waals surface area contributed by atoms with Gasteiger partial charge in [0.15, 0.2) is 0 Å². The molecule has 0 aliphatic carbocycles. The molecule has 1 unspecified atom stereocenters. The zero-order chi connectivity index (χ0) is 15.6. The van der Waals surface area contributed by atoms with Crippen LogP contribution in [0.25, 0.3) is 0 Å². The first kappa shape index (κ1) is 17.2. The molecule has 0 bridgehead atoms. The molecule has 2 aromatic rings. The van der Waals surface area contributed by atoms with Crippen molar-refractivity contribution in [2.24, 2.45) is 0 Å². The van der Waals surface area contributed by atoms with E-state index >= 15 is 0 Å². The Labute approximate surface area is 151 Å². The van der Waals surface area contributed by atoms with Crippen molar-refractivity contribution in [2.45, 2.75) is 26.8 Å². The summed E-state index contributed by atoms with van der Waals surface area (Å²) in [7, 11) is 0. The quantitative estimate of drug-likeness (QED) is 0.548. The Kier molecular flexibility index (Phi) is 6.06. The fourth-order valence-electron chi connectivity index (χ4n) is 2.44. The van der Waals surface area contributed by atoms with Gasteiger partial charge >= 0.3 is 0 Å². The summed E-state index contributed by atoms with van der Waals surface area (Å²) in [5, 5.41) is 3.60. The molecule has 4 heteroatoms. The third-order valence-corrected chi connectivity index (χ3v) is 5.57. The van der Waals surface area contributed by atoms with Crippen LogP contribution in [0.15, 0.2) is 43.7 Å². The Hall–Kier alpha value is -0.160. The molecule has 1 N–H and O–H groups in total. The normalized spacial score (nSPS) is 12.5. The molecule has 0 aliphatic rings. The summed E-state index contributed by atoms with van der Waals surface area (Å²) in [6.07, 6.45) is 0. The van der Waals surface area contributed by atoms with Gasteiger partial charge in [0.1, 0.15) is 0 Å². The summed E-state index contributed by atoms with van der Waals surface area (Å²) in [5.74, 6) is 0. The number of hydrogen-bond acceptors (Lipinski definition) is 1. The molecule has 0 spiro atoms. The van der Waals surface area contributed by atoms with Crippen LogP contribution in [0.1, 0.15) is 35.2 Å². The second-order valence-electron chi connectivity index (χ2n) is 5.11. The lowest BCUT2D eigenvalue weighted by molar-refractivity contribution is 0.625. The fourth-order valence-corrected chi connectivity index (χ4v) is 3.96. The van der Waals surface area contributed by atoms with Crippen molar-refractivity contribution < 1.29 is 0 Å². The largest absolute Gasteiger partial charge is 0.306 e. The number of aryl methyl sites for hydroxylation is 2. The van der Waals surface area contributed by atoms with Crippen LogP contribution in [0.2, 0.25) is 0 Å². The first-order valence-corrected chi connectivity index (χ1v) is 9.27. The highest BCUT2D eigenvalue weighted by Gasteiger charge is 2.19. The molecule has 0 fully saturated rings. The summed E-state index contributed by atoms with van der Waals surface area (Å²) in [4.78, 5) is 0. The number of hydrogen-bond donors (Lipinski definition) is 1. The lowest BCUT2D eigenvalue weighted by Crippen LogP contribution is -2.23. The van der Waals surface area contributed by atoms with Crippen LogP contribution in [-0.4, -0.2) is 6.54 Å². The highest BCUT2D eigenvalue weighted by atomic mass is 79.9. The summed E-state index contributed by atoms with van der Waals surface area (Å²) in [6.45, 7) is 7.31. The van der Waals surface area contributed by atoms with E-state index in [0.29, 0.717) is 0 Å². The lowest BCUT2D eigenvalue weighted by atomic mass is 9.94. The minimum absolute atomic E-state index is 0.175. The average Bonchev–Trinajstić information content (AvgIpc) is 2.41. The number of rotatable bonds is 4. The minimum Gasteiger partial charge on any atom is -0.306 e. The minimum atomic E-state index is 0.175. The van der Waals surface area contributed by atoms with E-state index in [0.717, 1.165) is 20.0 Å². The first-order valence-electron chi connectivity index (χ1n) is 6.89. The van der Waals surface area contributed by atoms with Crippen LogP contribution >= 0.6 is 47.8 Å². The molecular formula is C17H18Br3N. The van der Waals surface area contributed by atoms with Crippen molar-refractivity contribution in [3.63, 3.8) is 0 Å². The second kappa shape index (κ2) is 7.40. The van der Waals surface area contributed by atoms with Gasteiger partial charge in [-0.15, -0.1) is 0 Å². The highest BCUT2D eigenvalue weighted by molar-refractivity contribution is 9.11. The SMILES string of the molecule is CCNC(c1ccc(Br)cc1C)c1cc(Br)c(C)cc1Br. The van der Waals surface area contributed by atoms with Crippen LogP contribution in [-0.2, 0) is 0 Å². The Balaban J connectivity index is 2.55. The standard InChI is InChI=1S/C17H18Br3N/c1-4-21-17(13-6-5-12(18)7-10(13)2)14-9-15(19)11(3)8-16(14)20/h5-9,17,21H,4H2,1-3H3. The van der Waals surface area contributed by atoms with Crippen molar-refractivity contribution in [1.29, 1.82) is 0 Å². The third kappa shape index (κ3) is 3.98. The lowest BCUT2D eigenvalue weighted by Gasteiger charge is -2.23. The predicted octanol–water partition coefficient (Wildman–Crippen LogP) is 6.29. The average molecular weight is 476 g/mol. The highest BCUT2D eigenvalue weighted by Crippen LogP contribution is 2.34. The second-order valence-corrected chi connectivity index (χ2v) is 7.74. The Bertz CT molecular complexity index is 653. The summed E-state index contributed by atoms with van der Waals surface area (Å²) < 4.78 is 3.39. The van der Waals surface area contributed by atoms with Crippen molar-refractivity contribution in [3.05, 3.63) is 66.0 Å². The van der Waals surface area contributed by atoms with Crippen LogP contribution in [0.5, 0.6) is 0 Å². The van der Waals surface area contributed by atoms with Gasteiger partial charge in [-0.25, -0.2) is 0 Å². The van der Waals surface area contributed by atoms with Crippen molar-refractivity contribution >= 4 is 47.8 Å². The van der Waals surface area contributed by atoms with Crippen molar-refractivity contribution in [1.82, 2.24) is 5.32 Å². The summed E-state index contributed by atoms with van der Waals surface area (Å²) >= 11 is 10.9. The molecule has 0 aromatic heterocycles. The monoisotopic (exact) mass is 473 g/mol. The predicted molar refractivity (Wildman–Crippen MR) is 101 cm³/mol. The Morgan fingerprint density at radius 3 is 2.24 bits per heavy atom. The summed E-state index contributed by atoms with van der Waals surface area (Å²) in [6, 6.07) is 11.0. The van der Waals surface area contributed by atoms with Gasteiger partial charge in [0.05, 0.1) is 6.04 Å². The number of benzene rings is 2. The van der Waals surface area contributed by atoms with Gasteiger partial charge in [-0.05, 0) is 66.9 Å². The molecule has 21 heavy (non-hydrogen) atoms. The van der Waals surface area contributed by atoms with E-state index in [9.17, 15) is 0 Å². The van der Waals surface area contributed by atoms with Crippen LogP contribution in [0, 0.1) is 13.8 Å². The Morgan fingerprint density at radius 1 is 0.905 bits per heavy atom. The molecular weight excluding hydrogens is 458 g/mol. The zero-order valence-electron chi connectivity index (χ0n) is 12.3. The summed E-state index contributed by atoms with van der Waals surface area (Å²) in [5.41, 5.74) is 5.06. The van der Waals surface area contributed by atoms with E-state index in [1.807, 2.05) is 0 Å². The van der Waals surface area contributed by atoms with Gasteiger partial charge in [0.25, 0.3) is 0 Å². The van der Waals surface area contributed by atoms with Crippen LogP contribution < -0.4 is 5.32 Å². The van der Waals surface area contributed by atoms with E-state index < -0.39 is 0 Å². The third-order valence-electron chi connectivity index (χ3n) is 3.54. The Morgan fingerprint density at radius 2 is 1.62 bits per heavy atom. The van der Waals surface area contributed by atoms with Gasteiger partial charge in [-0.1, -0.05) is 60.8 Å². The van der Waals surface area contributed by atoms with E-state index in [1.165, 1.54) is 22.3 Å². The molecule has 0 aliphatic heterocycles. The molecule has 0 radical (unpaired) electrons. The number of nitrogens with one attached hydrogen (secondary N) is 1. The van der Waals surface area contributed by atoms with Crippen LogP contribution in [0.4, 0.5) is 0 Å². The molecule has 0 amide bonds. The maximum absolute atomic E-state index is 3.72. The molecule has 0 saturated carbocycles. The molecule has 0 saturated heterocycles. The molecule has 2 rings (SSSR count). The molecule has 112 valence electrons. The van der Waals surface area contributed by atoms with E-state index in [1.54, 1.807) is 0 Å². The molecule has 1 atom stereocenters. The van der Waals surface area contributed by atoms with E-state index in [-0.39, 0.29) is 6.04 Å². The fraction of sp³-hybridized carbons (Fsp3) is 0.294. The molecule has 2 aromatic carbocycles. The smallest absolute Gasteiger partial charge is 0.0590 e. The van der Waals surface area contributed by atoms with Gasteiger partial charge in [-0.3, -0.25) is 0 Å². The molecule has 1 nitrogen and oxygen atoms in total. The maximum atomic E-state index is 3.72. The van der Waals surface area contributed by atoms with E-state index in [2.05, 4.69) is 104 Å². The number of halogens is 3. The van der Waals surface area contributed by atoms with Crippen molar-refractivity contribution in [3.8, 4) is 0 Å².